The summed E-state index contributed by atoms with van der Waals surface area (Å²) in [5.41, 5.74) is 2.21. The van der Waals surface area contributed by atoms with Crippen LogP contribution < -0.4 is 9.47 Å². The lowest BCUT2D eigenvalue weighted by Crippen LogP contribution is -2.15. The van der Waals surface area contributed by atoms with Crippen LogP contribution in [0.2, 0.25) is 0 Å². The smallest absolute Gasteiger partial charge is 0.163 e. The van der Waals surface area contributed by atoms with E-state index < -0.39 is 0 Å². The van der Waals surface area contributed by atoms with Gasteiger partial charge in [0.15, 0.2) is 11.5 Å². The van der Waals surface area contributed by atoms with Gasteiger partial charge in [0.1, 0.15) is 24.9 Å². The Kier molecular flexibility index (Phi) is 3.38. The monoisotopic (exact) mass is 314 g/mol. The molecule has 1 aliphatic rings. The van der Waals surface area contributed by atoms with Crippen molar-refractivity contribution in [3.05, 3.63) is 42.2 Å². The van der Waals surface area contributed by atoms with Crippen LogP contribution in [0.15, 0.2) is 36.4 Å². The Labute approximate surface area is 131 Å². The van der Waals surface area contributed by atoms with E-state index >= 15 is 0 Å². The summed E-state index contributed by atoms with van der Waals surface area (Å²) in [6.07, 6.45) is 0. The SMILES string of the molecule is OCCn1c(-c2cccc(F)c2)nc2cc3c(cc21)OCCO3. The van der Waals surface area contributed by atoms with Crippen molar-refractivity contribution in [2.75, 3.05) is 19.8 Å². The van der Waals surface area contributed by atoms with E-state index in [-0.39, 0.29) is 12.4 Å². The van der Waals surface area contributed by atoms with Crippen LogP contribution in [-0.4, -0.2) is 34.5 Å². The molecule has 3 aromatic rings. The predicted molar refractivity (Wildman–Crippen MR) is 83.2 cm³/mol. The fourth-order valence-electron chi connectivity index (χ4n) is 2.84. The molecule has 0 aliphatic carbocycles. The van der Waals surface area contributed by atoms with Crippen LogP contribution in [0.5, 0.6) is 11.5 Å². The van der Waals surface area contributed by atoms with E-state index in [1.807, 2.05) is 16.7 Å². The molecule has 0 saturated heterocycles. The van der Waals surface area contributed by atoms with E-state index in [0.29, 0.717) is 42.6 Å². The summed E-state index contributed by atoms with van der Waals surface area (Å²) in [5.74, 6) is 1.60. The standard InChI is InChI=1S/C17H15FN2O3/c18-12-3-1-2-11(8-12)17-19-13-9-15-16(23-7-6-22-15)10-14(13)20(17)4-5-21/h1-3,8-10,21H,4-7H2. The van der Waals surface area contributed by atoms with Gasteiger partial charge in [0.25, 0.3) is 0 Å². The van der Waals surface area contributed by atoms with Gasteiger partial charge in [0.05, 0.1) is 17.6 Å². The number of hydrogen-bond donors (Lipinski definition) is 1. The number of ether oxygens (including phenoxy) is 2. The first-order chi connectivity index (χ1) is 11.3. The Balaban J connectivity index is 1.94. The highest BCUT2D eigenvalue weighted by Crippen LogP contribution is 2.36. The number of rotatable bonds is 3. The molecule has 4 rings (SSSR count). The second-order valence-electron chi connectivity index (χ2n) is 5.31. The van der Waals surface area contributed by atoms with Crippen molar-refractivity contribution < 1.29 is 19.0 Å². The van der Waals surface area contributed by atoms with Crippen LogP contribution in [0.25, 0.3) is 22.4 Å². The first-order valence-corrected chi connectivity index (χ1v) is 7.43. The zero-order valence-corrected chi connectivity index (χ0v) is 12.3. The summed E-state index contributed by atoms with van der Waals surface area (Å²) in [5, 5.41) is 9.38. The predicted octanol–water partition coefficient (Wildman–Crippen LogP) is 2.61. The molecule has 0 amide bonds. The molecule has 6 heteroatoms. The van der Waals surface area contributed by atoms with Crippen molar-refractivity contribution in [2.24, 2.45) is 0 Å². The highest BCUT2D eigenvalue weighted by Gasteiger charge is 2.18. The summed E-state index contributed by atoms with van der Waals surface area (Å²) in [7, 11) is 0. The first kappa shape index (κ1) is 14.0. The summed E-state index contributed by atoms with van der Waals surface area (Å²) < 4.78 is 26.6. The van der Waals surface area contributed by atoms with Crippen LogP contribution in [0, 0.1) is 5.82 Å². The molecular formula is C17H15FN2O3. The van der Waals surface area contributed by atoms with E-state index in [2.05, 4.69) is 4.98 Å². The third-order valence-corrected chi connectivity index (χ3v) is 3.82. The average molecular weight is 314 g/mol. The molecular weight excluding hydrogens is 299 g/mol. The number of aromatic nitrogens is 2. The Morgan fingerprint density at radius 3 is 2.65 bits per heavy atom. The summed E-state index contributed by atoms with van der Waals surface area (Å²) >= 11 is 0. The second kappa shape index (κ2) is 5.55. The number of fused-ring (bicyclic) bond motifs is 2. The normalized spacial score (nSPS) is 13.5. The van der Waals surface area contributed by atoms with Crippen molar-refractivity contribution in [3.63, 3.8) is 0 Å². The van der Waals surface area contributed by atoms with Gasteiger partial charge in [0.2, 0.25) is 0 Å². The van der Waals surface area contributed by atoms with E-state index in [1.165, 1.54) is 12.1 Å². The Morgan fingerprint density at radius 2 is 1.91 bits per heavy atom. The minimum Gasteiger partial charge on any atom is -0.486 e. The number of imidazole rings is 1. The molecule has 1 aliphatic heterocycles. The molecule has 0 bridgehead atoms. The summed E-state index contributed by atoms with van der Waals surface area (Å²) in [6, 6.07) is 9.94. The zero-order chi connectivity index (χ0) is 15.8. The second-order valence-corrected chi connectivity index (χ2v) is 5.31. The van der Waals surface area contributed by atoms with Crippen LogP contribution >= 0.6 is 0 Å². The van der Waals surface area contributed by atoms with Crippen LogP contribution in [0.4, 0.5) is 4.39 Å². The highest BCUT2D eigenvalue weighted by molar-refractivity contribution is 5.84. The maximum Gasteiger partial charge on any atom is 0.163 e. The molecule has 1 aromatic heterocycles. The zero-order valence-electron chi connectivity index (χ0n) is 12.3. The first-order valence-electron chi connectivity index (χ1n) is 7.43. The lowest BCUT2D eigenvalue weighted by Gasteiger charge is -2.18. The quantitative estimate of drug-likeness (QED) is 0.807. The topological polar surface area (TPSA) is 56.5 Å². The van der Waals surface area contributed by atoms with E-state index in [1.54, 1.807) is 12.1 Å². The van der Waals surface area contributed by atoms with Crippen LogP contribution in [0.3, 0.4) is 0 Å². The van der Waals surface area contributed by atoms with Crippen LogP contribution in [-0.2, 0) is 6.54 Å². The molecule has 118 valence electrons. The maximum absolute atomic E-state index is 13.5. The van der Waals surface area contributed by atoms with Crippen molar-refractivity contribution >= 4 is 11.0 Å². The number of aliphatic hydroxyl groups is 1. The molecule has 23 heavy (non-hydrogen) atoms. The number of hydrogen-bond acceptors (Lipinski definition) is 4. The van der Waals surface area contributed by atoms with Gasteiger partial charge in [-0.1, -0.05) is 12.1 Å². The van der Waals surface area contributed by atoms with Gasteiger partial charge < -0.3 is 19.1 Å². The van der Waals surface area contributed by atoms with E-state index in [4.69, 9.17) is 9.47 Å². The Hall–Kier alpha value is -2.60. The van der Waals surface area contributed by atoms with Gasteiger partial charge in [-0.05, 0) is 12.1 Å². The van der Waals surface area contributed by atoms with E-state index in [9.17, 15) is 9.50 Å². The minimum absolute atomic E-state index is 0.0395. The largest absolute Gasteiger partial charge is 0.486 e. The summed E-state index contributed by atoms with van der Waals surface area (Å²) in [6.45, 7) is 1.33. The maximum atomic E-state index is 13.5. The molecule has 0 atom stereocenters. The van der Waals surface area contributed by atoms with Crippen molar-refractivity contribution in [3.8, 4) is 22.9 Å². The molecule has 0 fully saturated rings. The number of benzene rings is 2. The Morgan fingerprint density at radius 1 is 1.13 bits per heavy atom. The lowest BCUT2D eigenvalue weighted by atomic mass is 10.2. The number of aliphatic hydroxyl groups excluding tert-OH is 1. The van der Waals surface area contributed by atoms with E-state index in [0.717, 1.165) is 11.0 Å². The lowest BCUT2D eigenvalue weighted by molar-refractivity contribution is 0.172. The van der Waals surface area contributed by atoms with Gasteiger partial charge >= 0.3 is 0 Å². The minimum atomic E-state index is -0.323. The van der Waals surface area contributed by atoms with Gasteiger partial charge in [-0.3, -0.25) is 0 Å². The highest BCUT2D eigenvalue weighted by atomic mass is 19.1. The summed E-state index contributed by atoms with van der Waals surface area (Å²) in [4.78, 5) is 4.60. The fraction of sp³-hybridized carbons (Fsp3) is 0.235. The van der Waals surface area contributed by atoms with Gasteiger partial charge in [-0.15, -0.1) is 0 Å². The fourth-order valence-corrected chi connectivity index (χ4v) is 2.84. The molecule has 0 saturated carbocycles. The molecule has 0 unspecified atom stereocenters. The third-order valence-electron chi connectivity index (χ3n) is 3.82. The number of nitrogens with zero attached hydrogens (tertiary/aromatic N) is 2. The molecule has 5 nitrogen and oxygen atoms in total. The van der Waals surface area contributed by atoms with Crippen molar-refractivity contribution in [2.45, 2.75) is 6.54 Å². The third kappa shape index (κ3) is 2.41. The number of halogens is 1. The van der Waals surface area contributed by atoms with Gasteiger partial charge in [0, 0.05) is 24.2 Å². The molecule has 1 N–H and O–H groups in total. The Bertz CT molecular complexity index is 876. The molecule has 0 spiro atoms. The van der Waals surface area contributed by atoms with Gasteiger partial charge in [-0.25, -0.2) is 9.37 Å². The average Bonchev–Trinajstić information content (AvgIpc) is 2.91. The van der Waals surface area contributed by atoms with Crippen molar-refractivity contribution in [1.29, 1.82) is 0 Å². The van der Waals surface area contributed by atoms with Gasteiger partial charge in [-0.2, -0.15) is 0 Å². The molecule has 2 aromatic carbocycles. The molecule has 2 heterocycles. The molecule has 0 radical (unpaired) electrons. The van der Waals surface area contributed by atoms with Crippen molar-refractivity contribution in [1.82, 2.24) is 9.55 Å². The van der Waals surface area contributed by atoms with Crippen LogP contribution in [0.1, 0.15) is 0 Å².